The molecule has 4 nitrogen and oxygen atoms in total. The molecule has 1 aliphatic rings. The molecule has 1 N–H and O–H groups in total. The maximum absolute atomic E-state index is 13.5. The minimum Gasteiger partial charge on any atom is -0.493 e. The van der Waals surface area contributed by atoms with Gasteiger partial charge in [0.05, 0.1) is 14.2 Å². The lowest BCUT2D eigenvalue weighted by molar-refractivity contribution is 0.355. The number of hydrogen-bond acceptors (Lipinski definition) is 3. The van der Waals surface area contributed by atoms with E-state index in [0.717, 1.165) is 29.8 Å². The van der Waals surface area contributed by atoms with Crippen molar-refractivity contribution in [3.05, 3.63) is 47.8 Å². The average molecular weight is 360 g/mol. The van der Waals surface area contributed by atoms with Gasteiger partial charge >= 0.3 is 0 Å². The van der Waals surface area contributed by atoms with Crippen LogP contribution in [-0.4, -0.2) is 25.4 Å². The minimum absolute atomic E-state index is 0.216. The number of anilines is 2. The van der Waals surface area contributed by atoms with Crippen LogP contribution in [0, 0.1) is 5.82 Å². The molecule has 0 bridgehead atoms. The van der Waals surface area contributed by atoms with E-state index >= 15 is 0 Å². The first kappa shape index (κ1) is 17.5. The Labute approximate surface area is 152 Å². The van der Waals surface area contributed by atoms with Crippen molar-refractivity contribution in [1.29, 1.82) is 0 Å². The van der Waals surface area contributed by atoms with Crippen LogP contribution < -0.4 is 19.7 Å². The molecule has 0 unspecified atom stereocenters. The first-order valence-corrected chi connectivity index (χ1v) is 8.55. The molecule has 3 rings (SSSR count). The lowest BCUT2D eigenvalue weighted by atomic mass is 9.97. The Balaban J connectivity index is 1.86. The van der Waals surface area contributed by atoms with Gasteiger partial charge in [0.2, 0.25) is 0 Å². The zero-order chi connectivity index (χ0) is 18.0. The molecule has 0 radical (unpaired) electrons. The Morgan fingerprint density at radius 1 is 1.16 bits per heavy atom. The van der Waals surface area contributed by atoms with E-state index in [4.69, 9.17) is 21.7 Å². The third-order valence-corrected chi connectivity index (χ3v) is 4.73. The number of aryl methyl sites for hydroxylation is 1. The van der Waals surface area contributed by atoms with Gasteiger partial charge in [-0.05, 0) is 67.9 Å². The molecular weight excluding hydrogens is 339 g/mol. The fourth-order valence-corrected chi connectivity index (χ4v) is 3.52. The number of benzene rings is 2. The number of nitrogens with one attached hydrogen (secondary N) is 1. The number of rotatable bonds is 3. The summed E-state index contributed by atoms with van der Waals surface area (Å²) in [6.45, 7) is 2.12. The van der Waals surface area contributed by atoms with Crippen LogP contribution in [0.5, 0.6) is 11.5 Å². The summed E-state index contributed by atoms with van der Waals surface area (Å²) in [5.74, 6) is 1.07. The summed E-state index contributed by atoms with van der Waals surface area (Å²) in [4.78, 5) is 2.05. The second-order valence-electron chi connectivity index (χ2n) is 6.03. The molecular formula is C19H21FN2O2S. The van der Waals surface area contributed by atoms with Crippen LogP contribution in [0.15, 0.2) is 36.4 Å². The number of halogens is 1. The largest absolute Gasteiger partial charge is 0.493 e. The molecule has 1 atom stereocenters. The van der Waals surface area contributed by atoms with Gasteiger partial charge in [-0.3, -0.25) is 0 Å². The van der Waals surface area contributed by atoms with Gasteiger partial charge < -0.3 is 19.7 Å². The van der Waals surface area contributed by atoms with Gasteiger partial charge in [0.25, 0.3) is 0 Å². The second kappa shape index (κ2) is 7.27. The summed E-state index contributed by atoms with van der Waals surface area (Å²) < 4.78 is 24.1. The van der Waals surface area contributed by atoms with Gasteiger partial charge in [-0.1, -0.05) is 0 Å². The highest BCUT2D eigenvalue weighted by molar-refractivity contribution is 7.80. The van der Waals surface area contributed by atoms with E-state index in [9.17, 15) is 4.39 Å². The molecule has 0 saturated carbocycles. The standard InChI is InChI=1S/C19H21FN2O2S/c1-12-4-5-13-10-14(20)6-8-16(13)22(12)19(25)21-15-7-9-17(23-2)18(11-15)24-3/h6-12H,4-5H2,1-3H3,(H,21,25)/t12-/m0/s1. The van der Waals surface area contributed by atoms with E-state index in [-0.39, 0.29) is 11.9 Å². The second-order valence-corrected chi connectivity index (χ2v) is 6.42. The predicted molar refractivity (Wildman–Crippen MR) is 102 cm³/mol. The molecule has 132 valence electrons. The molecule has 0 aromatic heterocycles. The third-order valence-electron chi connectivity index (χ3n) is 4.43. The Hall–Kier alpha value is -2.34. The van der Waals surface area contributed by atoms with Crippen molar-refractivity contribution in [1.82, 2.24) is 0 Å². The molecule has 0 saturated heterocycles. The zero-order valence-corrected chi connectivity index (χ0v) is 15.3. The SMILES string of the molecule is COc1ccc(NC(=S)N2c3ccc(F)cc3CC[C@@H]2C)cc1OC. The molecule has 2 aromatic carbocycles. The first-order chi connectivity index (χ1) is 12.0. The third kappa shape index (κ3) is 3.54. The van der Waals surface area contributed by atoms with E-state index < -0.39 is 0 Å². The van der Waals surface area contributed by atoms with Crippen LogP contribution in [0.4, 0.5) is 15.8 Å². The summed E-state index contributed by atoms with van der Waals surface area (Å²) in [6.07, 6.45) is 1.77. The Morgan fingerprint density at radius 3 is 2.64 bits per heavy atom. The van der Waals surface area contributed by atoms with E-state index in [1.807, 2.05) is 23.1 Å². The molecule has 2 aromatic rings. The summed E-state index contributed by atoms with van der Waals surface area (Å²) in [7, 11) is 3.19. The molecule has 25 heavy (non-hydrogen) atoms. The topological polar surface area (TPSA) is 33.7 Å². The van der Waals surface area contributed by atoms with Crippen molar-refractivity contribution in [2.75, 3.05) is 24.4 Å². The van der Waals surface area contributed by atoms with Gasteiger partial charge in [-0.25, -0.2) is 4.39 Å². The lowest BCUT2D eigenvalue weighted by Crippen LogP contribution is -2.44. The summed E-state index contributed by atoms with van der Waals surface area (Å²) in [5.41, 5.74) is 2.75. The van der Waals surface area contributed by atoms with Gasteiger partial charge in [-0.2, -0.15) is 0 Å². The van der Waals surface area contributed by atoms with Crippen LogP contribution >= 0.6 is 12.2 Å². The Morgan fingerprint density at radius 2 is 1.92 bits per heavy atom. The summed E-state index contributed by atoms with van der Waals surface area (Å²) >= 11 is 5.63. The molecule has 1 heterocycles. The van der Waals surface area contributed by atoms with E-state index in [0.29, 0.717) is 16.6 Å². The Bertz CT molecular complexity index is 797. The van der Waals surface area contributed by atoms with Gasteiger partial charge in [-0.15, -0.1) is 0 Å². The number of nitrogens with zero attached hydrogens (tertiary/aromatic N) is 1. The normalized spacial score (nSPS) is 16.2. The molecule has 0 amide bonds. The zero-order valence-electron chi connectivity index (χ0n) is 14.5. The maximum atomic E-state index is 13.5. The molecule has 0 fully saturated rings. The van der Waals surface area contributed by atoms with E-state index in [2.05, 4.69) is 12.2 Å². The minimum atomic E-state index is -0.216. The fraction of sp³-hybridized carbons (Fsp3) is 0.316. The summed E-state index contributed by atoms with van der Waals surface area (Å²) in [6, 6.07) is 10.6. The van der Waals surface area contributed by atoms with Crippen LogP contribution in [0.25, 0.3) is 0 Å². The first-order valence-electron chi connectivity index (χ1n) is 8.14. The van der Waals surface area contributed by atoms with E-state index in [1.54, 1.807) is 26.4 Å². The number of fused-ring (bicyclic) bond motifs is 1. The maximum Gasteiger partial charge on any atom is 0.178 e. The molecule has 6 heteroatoms. The number of thiocarbonyl (C=S) groups is 1. The highest BCUT2D eigenvalue weighted by atomic mass is 32.1. The quantitative estimate of drug-likeness (QED) is 0.822. The van der Waals surface area contributed by atoms with Gasteiger partial charge in [0.15, 0.2) is 16.6 Å². The number of methoxy groups -OCH3 is 2. The molecule has 0 aliphatic carbocycles. The van der Waals surface area contributed by atoms with Gasteiger partial charge in [0, 0.05) is 23.5 Å². The van der Waals surface area contributed by atoms with Crippen LogP contribution in [0.1, 0.15) is 18.9 Å². The van der Waals surface area contributed by atoms with Crippen LogP contribution in [0.2, 0.25) is 0 Å². The number of hydrogen-bond donors (Lipinski definition) is 1. The summed E-state index contributed by atoms with van der Waals surface area (Å²) in [5, 5.41) is 3.83. The van der Waals surface area contributed by atoms with Crippen molar-refractivity contribution in [3.8, 4) is 11.5 Å². The predicted octanol–water partition coefficient (Wildman–Crippen LogP) is 4.38. The van der Waals surface area contributed by atoms with E-state index in [1.165, 1.54) is 6.07 Å². The molecule has 0 spiro atoms. The molecule has 1 aliphatic heterocycles. The lowest BCUT2D eigenvalue weighted by Gasteiger charge is -2.37. The fourth-order valence-electron chi connectivity index (χ4n) is 3.13. The van der Waals surface area contributed by atoms with Crippen molar-refractivity contribution < 1.29 is 13.9 Å². The smallest absolute Gasteiger partial charge is 0.178 e. The highest BCUT2D eigenvalue weighted by Gasteiger charge is 2.26. The monoisotopic (exact) mass is 360 g/mol. The number of ether oxygens (including phenoxy) is 2. The average Bonchev–Trinajstić information content (AvgIpc) is 2.61. The van der Waals surface area contributed by atoms with Crippen molar-refractivity contribution in [3.63, 3.8) is 0 Å². The van der Waals surface area contributed by atoms with Gasteiger partial charge in [0.1, 0.15) is 5.82 Å². The van der Waals surface area contributed by atoms with Crippen molar-refractivity contribution >= 4 is 28.7 Å². The highest BCUT2D eigenvalue weighted by Crippen LogP contribution is 2.33. The van der Waals surface area contributed by atoms with Crippen molar-refractivity contribution in [2.24, 2.45) is 0 Å². The van der Waals surface area contributed by atoms with Crippen molar-refractivity contribution in [2.45, 2.75) is 25.8 Å². The van der Waals surface area contributed by atoms with Crippen LogP contribution in [-0.2, 0) is 6.42 Å². The Kier molecular flexibility index (Phi) is 5.08. The van der Waals surface area contributed by atoms with Crippen LogP contribution in [0.3, 0.4) is 0 Å².